The van der Waals surface area contributed by atoms with Crippen molar-refractivity contribution < 1.29 is 19.1 Å². The highest BCUT2D eigenvalue weighted by molar-refractivity contribution is 7.14. The number of hydrogen-bond donors (Lipinski definition) is 2. The number of fused-ring (bicyclic) bond motifs is 3. The summed E-state index contributed by atoms with van der Waals surface area (Å²) in [6, 6.07) is 18.2. The lowest BCUT2D eigenvalue weighted by Crippen LogP contribution is -2.26. The number of thiophene rings is 1. The van der Waals surface area contributed by atoms with Gasteiger partial charge in [-0.1, -0.05) is 60.4 Å². The first-order chi connectivity index (χ1) is 16.3. The Labute approximate surface area is 203 Å². The van der Waals surface area contributed by atoms with Crippen LogP contribution in [-0.2, 0) is 9.47 Å². The number of ether oxygens (including phenoxy) is 2. The van der Waals surface area contributed by atoms with Crippen LogP contribution in [0.3, 0.4) is 0 Å². The fourth-order valence-corrected chi connectivity index (χ4v) is 4.50. The van der Waals surface area contributed by atoms with E-state index in [-0.39, 0.29) is 19.1 Å². The van der Waals surface area contributed by atoms with E-state index in [9.17, 15) is 9.59 Å². The molecule has 0 aliphatic heterocycles. The number of alkyl carbamates (subject to hydrolysis) is 1. The Hall–Kier alpha value is -3.76. The van der Waals surface area contributed by atoms with Crippen molar-refractivity contribution in [1.82, 2.24) is 5.32 Å². The maximum Gasteiger partial charge on any atom is 0.412 e. The molecule has 2 aromatic carbocycles. The monoisotopic (exact) mass is 474 g/mol. The van der Waals surface area contributed by atoms with Crippen LogP contribution in [0.5, 0.6) is 0 Å². The third kappa shape index (κ3) is 5.77. The minimum Gasteiger partial charge on any atom is -0.449 e. The molecule has 1 aliphatic rings. The molecule has 2 N–H and O–H groups in total. The van der Waals surface area contributed by atoms with Crippen LogP contribution in [0.1, 0.15) is 43.4 Å². The van der Waals surface area contributed by atoms with Gasteiger partial charge in [-0.2, -0.15) is 0 Å². The van der Waals surface area contributed by atoms with Gasteiger partial charge in [0.05, 0.1) is 11.5 Å². The molecule has 0 saturated carbocycles. The van der Waals surface area contributed by atoms with Gasteiger partial charge in [0.1, 0.15) is 12.2 Å². The standard InChI is InChI=1S/C27H26N2O4S/c1-27(2,3)33-26(31)29-24-15-18(17-34-24)9-8-14-28-25(30)32-16-23-21-12-6-4-10-19(21)20-11-5-7-13-22(20)23/h4-7,10-13,15,17,23H,14,16H2,1-3H3,(H,28,30)(H,29,31). The van der Waals surface area contributed by atoms with Gasteiger partial charge in [0.25, 0.3) is 0 Å². The zero-order valence-corrected chi connectivity index (χ0v) is 20.1. The number of anilines is 1. The summed E-state index contributed by atoms with van der Waals surface area (Å²) in [6.45, 7) is 5.84. The number of benzene rings is 2. The van der Waals surface area contributed by atoms with Crippen LogP contribution in [0.2, 0.25) is 0 Å². The first-order valence-corrected chi connectivity index (χ1v) is 11.8. The number of amides is 2. The van der Waals surface area contributed by atoms with Crippen LogP contribution in [0.15, 0.2) is 60.0 Å². The summed E-state index contributed by atoms with van der Waals surface area (Å²) in [4.78, 5) is 24.1. The smallest absolute Gasteiger partial charge is 0.412 e. The number of hydrogen-bond acceptors (Lipinski definition) is 5. The van der Waals surface area contributed by atoms with Crippen LogP contribution in [-0.4, -0.2) is 30.9 Å². The van der Waals surface area contributed by atoms with Crippen molar-refractivity contribution >= 4 is 28.5 Å². The molecule has 0 fully saturated rings. The predicted molar refractivity (Wildman–Crippen MR) is 134 cm³/mol. The van der Waals surface area contributed by atoms with Crippen LogP contribution in [0.25, 0.3) is 11.1 Å². The fraction of sp³-hybridized carbons (Fsp3) is 0.259. The minimum absolute atomic E-state index is 0.0194. The first-order valence-electron chi connectivity index (χ1n) is 11.0. The van der Waals surface area contributed by atoms with Gasteiger partial charge in [-0.25, -0.2) is 9.59 Å². The molecule has 0 spiro atoms. The highest BCUT2D eigenvalue weighted by Crippen LogP contribution is 2.44. The average Bonchev–Trinajstić information content (AvgIpc) is 3.36. The van der Waals surface area contributed by atoms with Crippen molar-refractivity contribution in [3.05, 3.63) is 76.7 Å². The van der Waals surface area contributed by atoms with Crippen molar-refractivity contribution in [2.45, 2.75) is 32.3 Å². The molecule has 1 aliphatic carbocycles. The van der Waals surface area contributed by atoms with Crippen LogP contribution in [0.4, 0.5) is 14.6 Å². The topological polar surface area (TPSA) is 76.7 Å². The zero-order valence-electron chi connectivity index (χ0n) is 19.3. The summed E-state index contributed by atoms with van der Waals surface area (Å²) in [5, 5.41) is 7.82. The van der Waals surface area contributed by atoms with Gasteiger partial charge in [0.15, 0.2) is 0 Å². The second-order valence-corrected chi connectivity index (χ2v) is 9.72. The van der Waals surface area contributed by atoms with Gasteiger partial charge >= 0.3 is 12.2 Å². The third-order valence-electron chi connectivity index (χ3n) is 5.12. The second-order valence-electron chi connectivity index (χ2n) is 8.81. The molecule has 0 bridgehead atoms. The number of rotatable bonds is 4. The molecule has 7 heteroatoms. The molecule has 1 aromatic heterocycles. The Kier molecular flexibility index (Phi) is 6.90. The van der Waals surface area contributed by atoms with Gasteiger partial charge in [0.2, 0.25) is 0 Å². The normalized spacial score (nSPS) is 12.1. The summed E-state index contributed by atoms with van der Waals surface area (Å²) in [5.74, 6) is 5.88. The lowest BCUT2D eigenvalue weighted by molar-refractivity contribution is 0.0636. The van der Waals surface area contributed by atoms with Crippen LogP contribution < -0.4 is 10.6 Å². The molecule has 1 heterocycles. The van der Waals surface area contributed by atoms with E-state index in [4.69, 9.17) is 9.47 Å². The van der Waals surface area contributed by atoms with Crippen molar-refractivity contribution in [2.24, 2.45) is 0 Å². The van der Waals surface area contributed by atoms with Crippen molar-refractivity contribution in [1.29, 1.82) is 0 Å². The lowest BCUT2D eigenvalue weighted by atomic mass is 9.98. The molecule has 0 unspecified atom stereocenters. The van der Waals surface area contributed by atoms with E-state index in [2.05, 4.69) is 46.7 Å². The molecule has 0 atom stereocenters. The highest BCUT2D eigenvalue weighted by Gasteiger charge is 2.28. The molecule has 4 rings (SSSR count). The Balaban J connectivity index is 1.26. The van der Waals surface area contributed by atoms with E-state index < -0.39 is 17.8 Å². The van der Waals surface area contributed by atoms with Gasteiger partial charge < -0.3 is 14.8 Å². The second kappa shape index (κ2) is 10.0. The molecule has 3 aromatic rings. The van der Waals surface area contributed by atoms with E-state index in [0.29, 0.717) is 5.00 Å². The summed E-state index contributed by atoms with van der Waals surface area (Å²) in [6.07, 6.45) is -1.01. The van der Waals surface area contributed by atoms with Crippen molar-refractivity contribution in [3.63, 3.8) is 0 Å². The Bertz CT molecular complexity index is 1220. The van der Waals surface area contributed by atoms with Gasteiger partial charge in [-0.15, -0.1) is 11.3 Å². The maximum atomic E-state index is 12.2. The number of nitrogens with one attached hydrogen (secondary N) is 2. The number of carbonyl (C=O) groups excluding carboxylic acids is 2. The van der Waals surface area contributed by atoms with Crippen molar-refractivity contribution in [2.75, 3.05) is 18.5 Å². The molecule has 0 radical (unpaired) electrons. The molecular weight excluding hydrogens is 448 g/mol. The number of carbonyl (C=O) groups is 2. The molecule has 34 heavy (non-hydrogen) atoms. The summed E-state index contributed by atoms with van der Waals surface area (Å²) < 4.78 is 10.7. The predicted octanol–water partition coefficient (Wildman–Crippen LogP) is 5.99. The quantitative estimate of drug-likeness (QED) is 0.456. The van der Waals surface area contributed by atoms with E-state index in [1.165, 1.54) is 33.6 Å². The van der Waals surface area contributed by atoms with E-state index >= 15 is 0 Å². The van der Waals surface area contributed by atoms with Gasteiger partial charge in [0, 0.05) is 16.9 Å². The molecule has 0 saturated heterocycles. The first kappa shape index (κ1) is 23.4. The third-order valence-corrected chi connectivity index (χ3v) is 5.97. The Morgan fingerprint density at radius 1 is 1.00 bits per heavy atom. The van der Waals surface area contributed by atoms with Crippen molar-refractivity contribution in [3.8, 4) is 23.0 Å². The minimum atomic E-state index is -0.561. The Morgan fingerprint density at radius 2 is 1.65 bits per heavy atom. The van der Waals surface area contributed by atoms with E-state index in [0.717, 1.165) is 5.56 Å². The molecular formula is C27H26N2O4S. The fourth-order valence-electron chi connectivity index (χ4n) is 3.78. The molecule has 174 valence electrons. The largest absolute Gasteiger partial charge is 0.449 e. The zero-order chi connectivity index (χ0) is 24.1. The van der Waals surface area contributed by atoms with Crippen LogP contribution in [0, 0.1) is 11.8 Å². The molecule has 2 amide bonds. The van der Waals surface area contributed by atoms with Crippen LogP contribution >= 0.6 is 11.3 Å². The maximum absolute atomic E-state index is 12.2. The van der Waals surface area contributed by atoms with Gasteiger partial charge in [-0.3, -0.25) is 5.32 Å². The van der Waals surface area contributed by atoms with E-state index in [1.807, 2.05) is 50.4 Å². The average molecular weight is 475 g/mol. The van der Waals surface area contributed by atoms with Gasteiger partial charge in [-0.05, 0) is 49.1 Å². The SMILES string of the molecule is CC(C)(C)OC(=O)Nc1cc(C#CCNC(=O)OCC2c3ccccc3-c3ccccc32)cs1. The summed E-state index contributed by atoms with van der Waals surface area (Å²) >= 11 is 1.35. The lowest BCUT2D eigenvalue weighted by Gasteiger charge is -2.19. The van der Waals surface area contributed by atoms with E-state index in [1.54, 1.807) is 6.07 Å². The summed E-state index contributed by atoms with van der Waals surface area (Å²) in [7, 11) is 0. The Morgan fingerprint density at radius 3 is 2.29 bits per heavy atom. The highest BCUT2D eigenvalue weighted by atomic mass is 32.1. The molecule has 6 nitrogen and oxygen atoms in total. The summed E-state index contributed by atoms with van der Waals surface area (Å²) in [5.41, 5.74) is 4.90.